The van der Waals surface area contributed by atoms with E-state index in [2.05, 4.69) is 11.9 Å². The van der Waals surface area contributed by atoms with Gasteiger partial charge in [0.05, 0.1) is 0 Å². The van der Waals surface area contributed by atoms with Crippen molar-refractivity contribution in [2.45, 2.75) is 13.3 Å². The first-order chi connectivity index (χ1) is 7.18. The molecule has 0 aromatic carbocycles. The molecule has 0 saturated carbocycles. The van der Waals surface area contributed by atoms with Crippen molar-refractivity contribution in [2.75, 3.05) is 13.1 Å². The third-order valence-corrected chi connectivity index (χ3v) is 2.77. The van der Waals surface area contributed by atoms with E-state index in [0.29, 0.717) is 5.92 Å². The van der Waals surface area contributed by atoms with Crippen molar-refractivity contribution in [2.24, 2.45) is 5.92 Å². The van der Waals surface area contributed by atoms with E-state index in [1.54, 1.807) is 4.90 Å². The lowest BCUT2D eigenvalue weighted by Gasteiger charge is -2.14. The van der Waals surface area contributed by atoms with Crippen LogP contribution in [0.5, 0.6) is 0 Å². The van der Waals surface area contributed by atoms with Crippen LogP contribution in [-0.4, -0.2) is 28.9 Å². The van der Waals surface area contributed by atoms with Crippen molar-refractivity contribution in [3.63, 3.8) is 0 Å². The zero-order valence-electron chi connectivity index (χ0n) is 8.69. The number of carbonyl (C=O) groups is 1. The maximum atomic E-state index is 11.9. The Morgan fingerprint density at radius 3 is 3.00 bits per heavy atom. The molecule has 4 heteroatoms. The van der Waals surface area contributed by atoms with Crippen molar-refractivity contribution < 1.29 is 4.79 Å². The molecule has 0 aliphatic carbocycles. The van der Waals surface area contributed by atoms with Crippen molar-refractivity contribution in [3.8, 4) is 0 Å². The quantitative estimate of drug-likeness (QED) is 0.740. The van der Waals surface area contributed by atoms with Gasteiger partial charge >= 0.3 is 0 Å². The Hall–Kier alpha value is -1.58. The normalized spacial score (nSPS) is 20.6. The number of carbonyl (C=O) groups excluding carboxylic acids is 1. The summed E-state index contributed by atoms with van der Waals surface area (Å²) in [7, 11) is 0. The van der Waals surface area contributed by atoms with Crippen molar-refractivity contribution in [1.82, 2.24) is 9.88 Å². The average molecular weight is 206 g/mol. The number of hydrogen-bond acceptors (Lipinski definition) is 2. The van der Waals surface area contributed by atoms with Gasteiger partial charge in [0.15, 0.2) is 5.43 Å². The SMILES string of the molecule is CC1CCN(C(=O)c2c[nH]ccc2=O)C1. The Morgan fingerprint density at radius 1 is 1.60 bits per heavy atom. The van der Waals surface area contributed by atoms with Crippen molar-refractivity contribution in [1.29, 1.82) is 0 Å². The summed E-state index contributed by atoms with van der Waals surface area (Å²) >= 11 is 0. The molecule has 1 aromatic heterocycles. The zero-order valence-corrected chi connectivity index (χ0v) is 8.69. The highest BCUT2D eigenvalue weighted by atomic mass is 16.2. The molecule has 1 aliphatic heterocycles. The maximum Gasteiger partial charge on any atom is 0.259 e. The highest BCUT2D eigenvalue weighted by Crippen LogP contribution is 2.16. The Balaban J connectivity index is 2.22. The van der Waals surface area contributed by atoms with E-state index < -0.39 is 0 Å². The van der Waals surface area contributed by atoms with Crippen molar-refractivity contribution in [3.05, 3.63) is 34.2 Å². The highest BCUT2D eigenvalue weighted by molar-refractivity contribution is 5.93. The van der Waals surface area contributed by atoms with Gasteiger partial charge in [0.1, 0.15) is 5.56 Å². The van der Waals surface area contributed by atoms with Crippen LogP contribution in [0.3, 0.4) is 0 Å². The van der Waals surface area contributed by atoms with Crippen LogP contribution in [-0.2, 0) is 0 Å². The second kappa shape index (κ2) is 3.88. The van der Waals surface area contributed by atoms with Crippen molar-refractivity contribution >= 4 is 5.91 Å². The van der Waals surface area contributed by atoms with Gasteiger partial charge in [0.2, 0.25) is 0 Å². The van der Waals surface area contributed by atoms with Crippen LogP contribution in [0.1, 0.15) is 23.7 Å². The molecule has 1 atom stereocenters. The molecule has 2 heterocycles. The molecule has 1 fully saturated rings. The fraction of sp³-hybridized carbons (Fsp3) is 0.455. The molecule has 1 amide bonds. The summed E-state index contributed by atoms with van der Waals surface area (Å²) in [5.41, 5.74) is 0.0323. The number of nitrogens with one attached hydrogen (secondary N) is 1. The number of nitrogens with zero attached hydrogens (tertiary/aromatic N) is 1. The molecule has 1 aromatic rings. The first-order valence-corrected chi connectivity index (χ1v) is 5.15. The van der Waals surface area contributed by atoms with Crippen LogP contribution in [0.2, 0.25) is 0 Å². The Bertz CT molecular complexity index is 425. The topological polar surface area (TPSA) is 53.2 Å². The number of amides is 1. The van der Waals surface area contributed by atoms with Crippen LogP contribution in [0.4, 0.5) is 0 Å². The van der Waals surface area contributed by atoms with Gasteiger partial charge in [-0.1, -0.05) is 6.92 Å². The highest BCUT2D eigenvalue weighted by Gasteiger charge is 2.25. The number of aromatic nitrogens is 1. The minimum absolute atomic E-state index is 0.152. The second-order valence-corrected chi connectivity index (χ2v) is 4.07. The molecule has 0 bridgehead atoms. The van der Waals surface area contributed by atoms with E-state index in [1.807, 2.05) is 0 Å². The van der Waals surface area contributed by atoms with Crippen LogP contribution >= 0.6 is 0 Å². The van der Waals surface area contributed by atoms with Gasteiger partial charge in [-0.15, -0.1) is 0 Å². The molecule has 1 saturated heterocycles. The lowest BCUT2D eigenvalue weighted by Crippen LogP contribution is -2.32. The molecule has 80 valence electrons. The number of likely N-dealkylation sites (tertiary alicyclic amines) is 1. The number of aromatic amines is 1. The summed E-state index contributed by atoms with van der Waals surface area (Å²) in [4.78, 5) is 27.9. The monoisotopic (exact) mass is 206 g/mol. The number of hydrogen-bond donors (Lipinski definition) is 1. The molecule has 1 aliphatic rings. The maximum absolute atomic E-state index is 11.9. The van der Waals surface area contributed by atoms with Gasteiger partial charge in [-0.3, -0.25) is 9.59 Å². The largest absolute Gasteiger partial charge is 0.367 e. The van der Waals surface area contributed by atoms with Gasteiger partial charge in [-0.2, -0.15) is 0 Å². The molecule has 0 radical (unpaired) electrons. The van der Waals surface area contributed by atoms with Gasteiger partial charge < -0.3 is 9.88 Å². The first-order valence-electron chi connectivity index (χ1n) is 5.15. The fourth-order valence-electron chi connectivity index (χ4n) is 1.87. The van der Waals surface area contributed by atoms with E-state index in [0.717, 1.165) is 19.5 Å². The summed E-state index contributed by atoms with van der Waals surface area (Å²) in [5, 5.41) is 0. The number of pyridine rings is 1. The third kappa shape index (κ3) is 1.93. The van der Waals surface area contributed by atoms with Crippen LogP contribution in [0, 0.1) is 5.92 Å². The van der Waals surface area contributed by atoms with E-state index in [4.69, 9.17) is 0 Å². The molecule has 1 unspecified atom stereocenters. The second-order valence-electron chi connectivity index (χ2n) is 4.07. The molecule has 2 rings (SSSR count). The van der Waals surface area contributed by atoms with Crippen LogP contribution in [0.25, 0.3) is 0 Å². The lowest BCUT2D eigenvalue weighted by atomic mass is 10.2. The Kier molecular flexibility index (Phi) is 2.58. The Morgan fingerprint density at radius 2 is 2.40 bits per heavy atom. The average Bonchev–Trinajstić information content (AvgIpc) is 2.65. The number of H-pyrrole nitrogens is 1. The van der Waals surface area contributed by atoms with Gasteiger partial charge in [-0.05, 0) is 12.3 Å². The summed E-state index contributed by atoms with van der Waals surface area (Å²) in [5.74, 6) is 0.387. The van der Waals surface area contributed by atoms with E-state index in [-0.39, 0.29) is 16.9 Å². The van der Waals surface area contributed by atoms with Gasteiger partial charge in [-0.25, -0.2) is 0 Å². The third-order valence-electron chi connectivity index (χ3n) is 2.77. The van der Waals surface area contributed by atoms with E-state index in [9.17, 15) is 9.59 Å². The summed E-state index contributed by atoms with van der Waals surface area (Å²) in [6.45, 7) is 3.63. The lowest BCUT2D eigenvalue weighted by molar-refractivity contribution is 0.0786. The zero-order chi connectivity index (χ0) is 10.8. The fourth-order valence-corrected chi connectivity index (χ4v) is 1.87. The molecule has 4 nitrogen and oxygen atoms in total. The van der Waals surface area contributed by atoms with E-state index in [1.165, 1.54) is 18.5 Å². The molecular weight excluding hydrogens is 192 g/mol. The minimum atomic E-state index is -0.210. The molecule has 0 spiro atoms. The summed E-state index contributed by atoms with van der Waals surface area (Å²) in [6.07, 6.45) is 4.04. The smallest absolute Gasteiger partial charge is 0.259 e. The predicted octanol–water partition coefficient (Wildman–Crippen LogP) is 0.857. The summed E-state index contributed by atoms with van der Waals surface area (Å²) < 4.78 is 0. The minimum Gasteiger partial charge on any atom is -0.367 e. The van der Waals surface area contributed by atoms with Gasteiger partial charge in [0, 0.05) is 31.5 Å². The van der Waals surface area contributed by atoms with Gasteiger partial charge in [0.25, 0.3) is 5.91 Å². The Labute approximate surface area is 87.9 Å². The number of rotatable bonds is 1. The molecule has 1 N–H and O–H groups in total. The van der Waals surface area contributed by atoms with Crippen LogP contribution in [0.15, 0.2) is 23.3 Å². The standard InChI is InChI=1S/C11H14N2O2/c1-8-3-5-13(7-8)11(15)9-6-12-4-2-10(9)14/h2,4,6,8H,3,5,7H2,1H3,(H,12,14). The van der Waals surface area contributed by atoms with E-state index >= 15 is 0 Å². The first kappa shape index (κ1) is 9.96. The summed E-state index contributed by atoms with van der Waals surface area (Å²) in [6, 6.07) is 1.38. The molecule has 15 heavy (non-hydrogen) atoms. The predicted molar refractivity (Wildman–Crippen MR) is 56.7 cm³/mol. The van der Waals surface area contributed by atoms with Crippen LogP contribution < -0.4 is 5.43 Å². The molecular formula is C11H14N2O2.